The number of aromatic amines is 1. The van der Waals surface area contributed by atoms with Crippen molar-refractivity contribution in [1.29, 1.82) is 0 Å². The van der Waals surface area contributed by atoms with Crippen LogP contribution in [0.5, 0.6) is 0 Å². The van der Waals surface area contributed by atoms with Crippen molar-refractivity contribution in [3.8, 4) is 11.4 Å². The number of benzene rings is 1. The van der Waals surface area contributed by atoms with Gasteiger partial charge in [-0.1, -0.05) is 60.9 Å². The van der Waals surface area contributed by atoms with Gasteiger partial charge in [0.1, 0.15) is 5.78 Å². The number of hydrogen-bond acceptors (Lipinski definition) is 4. The van der Waals surface area contributed by atoms with E-state index in [2.05, 4.69) is 34.2 Å². The van der Waals surface area contributed by atoms with E-state index in [1.807, 2.05) is 12.1 Å². The number of nitrogens with one attached hydrogen (secondary N) is 1. The van der Waals surface area contributed by atoms with Gasteiger partial charge in [0, 0.05) is 11.5 Å². The number of rotatable bonds is 5. The Labute approximate surface area is 135 Å². The molecule has 0 saturated heterocycles. The predicted molar refractivity (Wildman–Crippen MR) is 88.9 cm³/mol. The van der Waals surface area contributed by atoms with Crippen molar-refractivity contribution in [2.75, 3.05) is 5.75 Å². The molecule has 1 aliphatic rings. The molecule has 2 aromatic rings. The van der Waals surface area contributed by atoms with E-state index in [0.717, 1.165) is 24.2 Å². The van der Waals surface area contributed by atoms with Crippen LogP contribution in [0.2, 0.25) is 0 Å². The van der Waals surface area contributed by atoms with Gasteiger partial charge >= 0.3 is 0 Å². The van der Waals surface area contributed by atoms with E-state index in [4.69, 9.17) is 0 Å². The highest BCUT2D eigenvalue weighted by Gasteiger charge is 2.21. The first-order valence-electron chi connectivity index (χ1n) is 7.87. The number of carbonyl (C=O) groups is 1. The molecule has 0 bridgehead atoms. The minimum Gasteiger partial charge on any atom is -0.298 e. The topological polar surface area (TPSA) is 58.6 Å². The molecule has 0 amide bonds. The molecule has 1 aromatic carbocycles. The minimum absolute atomic E-state index is 0.261. The first-order valence-corrected chi connectivity index (χ1v) is 8.86. The standard InChI is InChI=1S/C17H21N3OS/c1-12-7-9-14(10-8-12)16-18-17(20-19-16)22-11-15(21)13-5-3-2-4-6-13/h7-10,13H,2-6,11H2,1H3,(H,18,19,20). The van der Waals surface area contributed by atoms with Crippen LogP contribution >= 0.6 is 11.8 Å². The van der Waals surface area contributed by atoms with E-state index in [1.165, 1.54) is 36.6 Å². The Morgan fingerprint density at radius 3 is 2.68 bits per heavy atom. The van der Waals surface area contributed by atoms with Gasteiger partial charge in [0.05, 0.1) is 5.75 Å². The van der Waals surface area contributed by atoms with Crippen molar-refractivity contribution in [3.05, 3.63) is 29.8 Å². The molecule has 1 heterocycles. The first kappa shape index (κ1) is 15.3. The number of hydrogen-bond donors (Lipinski definition) is 1. The molecule has 1 aliphatic carbocycles. The van der Waals surface area contributed by atoms with Gasteiger partial charge in [0.2, 0.25) is 5.16 Å². The summed E-state index contributed by atoms with van der Waals surface area (Å²) in [4.78, 5) is 16.7. The number of aryl methyl sites for hydroxylation is 1. The van der Waals surface area contributed by atoms with Gasteiger partial charge in [-0.05, 0) is 19.8 Å². The molecule has 0 unspecified atom stereocenters. The van der Waals surface area contributed by atoms with Crippen molar-refractivity contribution in [3.63, 3.8) is 0 Å². The van der Waals surface area contributed by atoms with E-state index in [-0.39, 0.29) is 5.92 Å². The Bertz CT molecular complexity index is 630. The van der Waals surface area contributed by atoms with Crippen LogP contribution in [0.15, 0.2) is 29.4 Å². The molecule has 1 aromatic heterocycles. The molecule has 1 N–H and O–H groups in total. The van der Waals surface area contributed by atoms with Crippen LogP contribution in [0.4, 0.5) is 0 Å². The van der Waals surface area contributed by atoms with Gasteiger partial charge in [-0.25, -0.2) is 4.98 Å². The minimum atomic E-state index is 0.261. The largest absolute Gasteiger partial charge is 0.298 e. The molecule has 0 radical (unpaired) electrons. The number of nitrogens with zero attached hydrogens (tertiary/aromatic N) is 2. The molecule has 0 spiro atoms. The molecule has 3 rings (SSSR count). The summed E-state index contributed by atoms with van der Waals surface area (Å²) in [7, 11) is 0. The van der Waals surface area contributed by atoms with Crippen LogP contribution in [0.3, 0.4) is 0 Å². The van der Waals surface area contributed by atoms with E-state index in [9.17, 15) is 4.79 Å². The summed E-state index contributed by atoms with van der Waals surface area (Å²) in [5.41, 5.74) is 2.24. The average molecular weight is 315 g/mol. The molecule has 0 aliphatic heterocycles. The van der Waals surface area contributed by atoms with Crippen LogP contribution in [-0.2, 0) is 4.79 Å². The van der Waals surface area contributed by atoms with Crippen LogP contribution in [0.1, 0.15) is 37.7 Å². The second-order valence-electron chi connectivity index (χ2n) is 5.92. The fraction of sp³-hybridized carbons (Fsp3) is 0.471. The molecular weight excluding hydrogens is 294 g/mol. The lowest BCUT2D eigenvalue weighted by molar-refractivity contribution is -0.121. The van der Waals surface area contributed by atoms with Gasteiger partial charge in [0.25, 0.3) is 0 Å². The summed E-state index contributed by atoms with van der Waals surface area (Å²) in [6, 6.07) is 8.16. The maximum absolute atomic E-state index is 12.2. The van der Waals surface area contributed by atoms with E-state index in [0.29, 0.717) is 16.7 Å². The predicted octanol–water partition coefficient (Wildman–Crippen LogP) is 4.02. The average Bonchev–Trinajstić information content (AvgIpc) is 3.03. The van der Waals surface area contributed by atoms with Crippen molar-refractivity contribution < 1.29 is 4.79 Å². The van der Waals surface area contributed by atoms with Crippen LogP contribution < -0.4 is 0 Å². The Balaban J connectivity index is 1.57. The Morgan fingerprint density at radius 1 is 1.23 bits per heavy atom. The van der Waals surface area contributed by atoms with E-state index in [1.54, 1.807) is 0 Å². The second kappa shape index (κ2) is 7.09. The molecule has 0 atom stereocenters. The summed E-state index contributed by atoms with van der Waals surface area (Å²) in [6.45, 7) is 2.06. The van der Waals surface area contributed by atoms with Crippen molar-refractivity contribution in [2.45, 2.75) is 44.2 Å². The fourth-order valence-electron chi connectivity index (χ4n) is 2.83. The van der Waals surface area contributed by atoms with Gasteiger partial charge in [0.15, 0.2) is 5.82 Å². The first-order chi connectivity index (χ1) is 10.7. The molecule has 1 saturated carbocycles. The van der Waals surface area contributed by atoms with E-state index >= 15 is 0 Å². The summed E-state index contributed by atoms with van der Waals surface area (Å²) in [5.74, 6) is 1.85. The van der Waals surface area contributed by atoms with Crippen LogP contribution in [0.25, 0.3) is 11.4 Å². The lowest BCUT2D eigenvalue weighted by Gasteiger charge is -2.19. The van der Waals surface area contributed by atoms with Crippen molar-refractivity contribution in [1.82, 2.24) is 15.2 Å². The monoisotopic (exact) mass is 315 g/mol. The highest BCUT2D eigenvalue weighted by molar-refractivity contribution is 7.99. The summed E-state index contributed by atoms with van der Waals surface area (Å²) in [6.07, 6.45) is 5.78. The van der Waals surface area contributed by atoms with Gasteiger partial charge in [-0.2, -0.15) is 0 Å². The van der Waals surface area contributed by atoms with Gasteiger partial charge < -0.3 is 0 Å². The lowest BCUT2D eigenvalue weighted by Crippen LogP contribution is -2.19. The molecular formula is C17H21N3OS. The quantitative estimate of drug-likeness (QED) is 0.847. The smallest absolute Gasteiger partial charge is 0.209 e. The second-order valence-corrected chi connectivity index (χ2v) is 6.87. The number of H-pyrrole nitrogens is 1. The number of Topliss-reactive ketones (excluding diaryl/α,β-unsaturated/α-hetero) is 1. The fourth-order valence-corrected chi connectivity index (χ4v) is 3.60. The Hall–Kier alpha value is -1.62. The molecule has 22 heavy (non-hydrogen) atoms. The summed E-state index contributed by atoms with van der Waals surface area (Å²) >= 11 is 1.44. The van der Waals surface area contributed by atoms with Crippen LogP contribution in [0, 0.1) is 12.8 Å². The maximum atomic E-state index is 12.2. The highest BCUT2D eigenvalue weighted by Crippen LogP contribution is 2.27. The molecule has 116 valence electrons. The highest BCUT2D eigenvalue weighted by atomic mass is 32.2. The molecule has 4 nitrogen and oxygen atoms in total. The number of ketones is 1. The summed E-state index contributed by atoms with van der Waals surface area (Å²) in [5, 5.41) is 7.81. The maximum Gasteiger partial charge on any atom is 0.209 e. The van der Waals surface area contributed by atoms with Crippen molar-refractivity contribution in [2.24, 2.45) is 5.92 Å². The summed E-state index contributed by atoms with van der Waals surface area (Å²) < 4.78 is 0. The third kappa shape index (κ3) is 3.77. The zero-order valence-electron chi connectivity index (χ0n) is 12.8. The third-order valence-corrected chi connectivity index (χ3v) is 5.06. The molecule has 5 heteroatoms. The normalized spacial score (nSPS) is 15.9. The number of aromatic nitrogens is 3. The van der Waals surface area contributed by atoms with E-state index < -0.39 is 0 Å². The Kier molecular flexibility index (Phi) is 4.93. The zero-order chi connectivity index (χ0) is 15.4. The zero-order valence-corrected chi connectivity index (χ0v) is 13.7. The lowest BCUT2D eigenvalue weighted by atomic mass is 9.87. The Morgan fingerprint density at radius 2 is 1.95 bits per heavy atom. The number of thioether (sulfide) groups is 1. The number of carbonyl (C=O) groups excluding carboxylic acids is 1. The third-order valence-electron chi connectivity index (χ3n) is 4.19. The van der Waals surface area contributed by atoms with Gasteiger partial charge in [-0.3, -0.25) is 9.89 Å². The van der Waals surface area contributed by atoms with Crippen molar-refractivity contribution >= 4 is 17.5 Å². The van der Waals surface area contributed by atoms with Crippen LogP contribution in [-0.4, -0.2) is 26.7 Å². The SMILES string of the molecule is Cc1ccc(-c2nc(SCC(=O)C3CCCCC3)n[nH]2)cc1. The van der Waals surface area contributed by atoms with Gasteiger partial charge in [-0.15, -0.1) is 5.10 Å². The molecule has 1 fully saturated rings.